The van der Waals surface area contributed by atoms with E-state index in [4.69, 9.17) is 0 Å². The minimum atomic E-state index is 0.870. The van der Waals surface area contributed by atoms with Gasteiger partial charge in [-0.05, 0) is 63.7 Å². The Labute approximate surface area is 102 Å². The second-order valence-electron chi connectivity index (χ2n) is 5.62. The third-order valence-electron chi connectivity index (χ3n) is 3.57. The minimum absolute atomic E-state index is 0.870. The van der Waals surface area contributed by atoms with E-state index in [0.717, 1.165) is 11.8 Å². The van der Waals surface area contributed by atoms with Crippen molar-refractivity contribution in [1.82, 2.24) is 10.6 Å². The van der Waals surface area contributed by atoms with Crippen molar-refractivity contribution in [3.05, 3.63) is 0 Å². The maximum atomic E-state index is 3.59. The highest BCUT2D eigenvalue weighted by atomic mass is 14.9. The van der Waals surface area contributed by atoms with E-state index in [-0.39, 0.29) is 0 Å². The molecule has 0 aromatic heterocycles. The van der Waals surface area contributed by atoms with E-state index < -0.39 is 0 Å². The molecule has 1 saturated heterocycles. The fraction of sp³-hybridized carbons (Fsp3) is 1.00. The molecule has 0 saturated carbocycles. The van der Waals surface area contributed by atoms with Gasteiger partial charge in [0.2, 0.25) is 0 Å². The number of piperidine rings is 1. The van der Waals surface area contributed by atoms with Gasteiger partial charge in [-0.2, -0.15) is 0 Å². The van der Waals surface area contributed by atoms with Crippen molar-refractivity contribution in [3.63, 3.8) is 0 Å². The minimum Gasteiger partial charge on any atom is -0.317 e. The van der Waals surface area contributed by atoms with E-state index in [1.165, 1.54) is 64.7 Å². The molecule has 1 fully saturated rings. The van der Waals surface area contributed by atoms with Crippen molar-refractivity contribution < 1.29 is 0 Å². The fourth-order valence-electron chi connectivity index (χ4n) is 2.40. The van der Waals surface area contributed by atoms with Crippen molar-refractivity contribution in [2.75, 3.05) is 26.2 Å². The molecule has 0 atom stereocenters. The molecule has 1 rings (SSSR count). The molecule has 0 spiro atoms. The van der Waals surface area contributed by atoms with Gasteiger partial charge in [-0.1, -0.05) is 26.7 Å². The Hall–Kier alpha value is -0.0800. The van der Waals surface area contributed by atoms with Crippen molar-refractivity contribution in [2.45, 2.75) is 52.4 Å². The lowest BCUT2D eigenvalue weighted by molar-refractivity contribution is 0.347. The SMILES string of the molecule is CC(C)CCCCNCCC1CCNCC1. The third kappa shape index (κ3) is 7.24. The Bertz CT molecular complexity index is 151. The summed E-state index contributed by atoms with van der Waals surface area (Å²) in [7, 11) is 0. The summed E-state index contributed by atoms with van der Waals surface area (Å²) < 4.78 is 0. The smallest absolute Gasteiger partial charge is 0.00463 e. The molecule has 2 heteroatoms. The predicted octanol–water partition coefficient (Wildman–Crippen LogP) is 2.79. The van der Waals surface area contributed by atoms with Crippen LogP contribution in [0, 0.1) is 11.8 Å². The van der Waals surface area contributed by atoms with E-state index in [9.17, 15) is 0 Å². The van der Waals surface area contributed by atoms with Crippen LogP contribution in [0.25, 0.3) is 0 Å². The lowest BCUT2D eigenvalue weighted by atomic mass is 9.95. The van der Waals surface area contributed by atoms with Crippen LogP contribution in [-0.4, -0.2) is 26.2 Å². The summed E-state index contributed by atoms with van der Waals surface area (Å²) >= 11 is 0. The second kappa shape index (κ2) is 9.00. The molecule has 0 radical (unpaired) electrons. The van der Waals surface area contributed by atoms with E-state index in [1.54, 1.807) is 0 Å². The molecule has 0 unspecified atom stereocenters. The summed E-state index contributed by atoms with van der Waals surface area (Å²) in [6.07, 6.45) is 8.27. The van der Waals surface area contributed by atoms with Gasteiger partial charge in [0.25, 0.3) is 0 Å². The molecule has 1 aliphatic heterocycles. The molecule has 0 aromatic carbocycles. The van der Waals surface area contributed by atoms with E-state index in [1.807, 2.05) is 0 Å². The van der Waals surface area contributed by atoms with Crippen molar-refractivity contribution >= 4 is 0 Å². The standard InChI is InChI=1S/C14H30N2/c1-13(2)5-3-4-9-15-10-6-14-7-11-16-12-8-14/h13-16H,3-12H2,1-2H3. The lowest BCUT2D eigenvalue weighted by Gasteiger charge is -2.22. The van der Waals surface area contributed by atoms with Crippen LogP contribution in [0.15, 0.2) is 0 Å². The molecular formula is C14H30N2. The molecular weight excluding hydrogens is 196 g/mol. The molecule has 16 heavy (non-hydrogen) atoms. The first-order chi connectivity index (χ1) is 7.79. The van der Waals surface area contributed by atoms with Crippen LogP contribution >= 0.6 is 0 Å². The summed E-state index contributed by atoms with van der Waals surface area (Å²) in [4.78, 5) is 0. The summed E-state index contributed by atoms with van der Waals surface area (Å²) in [5, 5.41) is 7.01. The van der Waals surface area contributed by atoms with Gasteiger partial charge >= 0.3 is 0 Å². The van der Waals surface area contributed by atoms with Crippen LogP contribution in [0.1, 0.15) is 52.4 Å². The zero-order valence-corrected chi connectivity index (χ0v) is 11.2. The molecule has 0 bridgehead atoms. The Kier molecular flexibility index (Phi) is 7.87. The Morgan fingerprint density at radius 2 is 1.88 bits per heavy atom. The first-order valence-electron chi connectivity index (χ1n) is 7.20. The lowest BCUT2D eigenvalue weighted by Crippen LogP contribution is -2.29. The van der Waals surface area contributed by atoms with Gasteiger partial charge < -0.3 is 10.6 Å². The van der Waals surface area contributed by atoms with Crippen LogP contribution < -0.4 is 10.6 Å². The Morgan fingerprint density at radius 1 is 1.12 bits per heavy atom. The Balaban J connectivity index is 1.80. The van der Waals surface area contributed by atoms with Crippen LogP contribution in [0.4, 0.5) is 0 Å². The average molecular weight is 226 g/mol. The number of nitrogens with one attached hydrogen (secondary N) is 2. The molecule has 0 aromatic rings. The Morgan fingerprint density at radius 3 is 2.56 bits per heavy atom. The highest BCUT2D eigenvalue weighted by molar-refractivity contribution is 4.69. The van der Waals surface area contributed by atoms with Crippen LogP contribution in [0.2, 0.25) is 0 Å². The summed E-state index contributed by atoms with van der Waals surface area (Å²) in [5.74, 6) is 1.85. The molecule has 1 aliphatic rings. The first-order valence-corrected chi connectivity index (χ1v) is 7.20. The predicted molar refractivity (Wildman–Crippen MR) is 71.8 cm³/mol. The van der Waals surface area contributed by atoms with Crippen molar-refractivity contribution in [1.29, 1.82) is 0 Å². The number of unbranched alkanes of at least 4 members (excludes halogenated alkanes) is 1. The zero-order valence-electron chi connectivity index (χ0n) is 11.2. The third-order valence-corrected chi connectivity index (χ3v) is 3.57. The van der Waals surface area contributed by atoms with E-state index in [2.05, 4.69) is 24.5 Å². The average Bonchev–Trinajstić information content (AvgIpc) is 2.29. The van der Waals surface area contributed by atoms with Gasteiger partial charge in [0.05, 0.1) is 0 Å². The highest BCUT2D eigenvalue weighted by Gasteiger charge is 2.11. The molecule has 2 N–H and O–H groups in total. The number of rotatable bonds is 8. The van der Waals surface area contributed by atoms with Gasteiger partial charge in [-0.3, -0.25) is 0 Å². The summed E-state index contributed by atoms with van der Waals surface area (Å²) in [6, 6.07) is 0. The van der Waals surface area contributed by atoms with Crippen molar-refractivity contribution in [3.8, 4) is 0 Å². The van der Waals surface area contributed by atoms with Gasteiger partial charge in [0, 0.05) is 0 Å². The van der Waals surface area contributed by atoms with Crippen molar-refractivity contribution in [2.24, 2.45) is 11.8 Å². The normalized spacial score (nSPS) is 18.2. The summed E-state index contributed by atoms with van der Waals surface area (Å²) in [5.41, 5.74) is 0. The van der Waals surface area contributed by atoms with Crippen LogP contribution in [0.3, 0.4) is 0 Å². The van der Waals surface area contributed by atoms with Gasteiger partial charge in [-0.15, -0.1) is 0 Å². The maximum absolute atomic E-state index is 3.59. The highest BCUT2D eigenvalue weighted by Crippen LogP contribution is 2.14. The van der Waals surface area contributed by atoms with Crippen LogP contribution in [-0.2, 0) is 0 Å². The molecule has 96 valence electrons. The molecule has 1 heterocycles. The summed E-state index contributed by atoms with van der Waals surface area (Å²) in [6.45, 7) is 9.54. The van der Waals surface area contributed by atoms with Gasteiger partial charge in [0.15, 0.2) is 0 Å². The van der Waals surface area contributed by atoms with Gasteiger partial charge in [-0.25, -0.2) is 0 Å². The number of hydrogen-bond donors (Lipinski definition) is 2. The topological polar surface area (TPSA) is 24.1 Å². The largest absolute Gasteiger partial charge is 0.317 e. The first kappa shape index (κ1) is 14.0. The quantitative estimate of drug-likeness (QED) is 0.622. The van der Waals surface area contributed by atoms with Gasteiger partial charge in [0.1, 0.15) is 0 Å². The molecule has 0 amide bonds. The van der Waals surface area contributed by atoms with Crippen LogP contribution in [0.5, 0.6) is 0 Å². The van der Waals surface area contributed by atoms with E-state index in [0.29, 0.717) is 0 Å². The number of hydrogen-bond acceptors (Lipinski definition) is 2. The maximum Gasteiger partial charge on any atom is -0.00463 e. The zero-order chi connectivity index (χ0) is 11.6. The monoisotopic (exact) mass is 226 g/mol. The molecule has 2 nitrogen and oxygen atoms in total. The van der Waals surface area contributed by atoms with E-state index >= 15 is 0 Å². The fourth-order valence-corrected chi connectivity index (χ4v) is 2.40. The molecule has 0 aliphatic carbocycles. The second-order valence-corrected chi connectivity index (χ2v) is 5.62.